The van der Waals surface area contributed by atoms with Gasteiger partial charge in [-0.05, 0) is 59.8 Å². The fourth-order valence-corrected chi connectivity index (χ4v) is 4.54. The molecule has 0 aliphatic carbocycles. The first-order valence-corrected chi connectivity index (χ1v) is 13.0. The first kappa shape index (κ1) is 27.3. The van der Waals surface area contributed by atoms with Crippen molar-refractivity contribution in [3.8, 4) is 11.5 Å². The topological polar surface area (TPSA) is 71.1 Å². The predicted octanol–water partition coefficient (Wildman–Crippen LogP) is 5.82. The minimum Gasteiger partial charge on any atom is -0.493 e. The zero-order valence-corrected chi connectivity index (χ0v) is 22.8. The monoisotopic (exact) mass is 571 g/mol. The second-order valence-electron chi connectivity index (χ2n) is 7.94. The fraction of sp³-hybridized carbons (Fsp3) is 0.259. The minimum absolute atomic E-state index is 0.0638. The lowest BCUT2D eigenvalue weighted by Gasteiger charge is -2.27. The molecule has 3 rings (SSSR count). The quantitative estimate of drug-likeness (QED) is 0.278. The molecule has 36 heavy (non-hydrogen) atoms. The smallest absolute Gasteiger partial charge is 0.322 e. The number of nitrogens with zero attached hydrogens (tertiary/aromatic N) is 2. The molecule has 0 atom stereocenters. The third kappa shape index (κ3) is 7.86. The van der Waals surface area contributed by atoms with E-state index < -0.39 is 0 Å². The molecule has 0 aliphatic heterocycles. The number of benzene rings is 2. The van der Waals surface area contributed by atoms with Crippen LogP contribution in [0.3, 0.4) is 0 Å². The van der Waals surface area contributed by atoms with Gasteiger partial charge < -0.3 is 24.6 Å². The molecule has 1 aromatic heterocycles. The van der Waals surface area contributed by atoms with E-state index in [-0.39, 0.29) is 25.0 Å². The Labute approximate surface area is 224 Å². The Morgan fingerprint density at radius 2 is 1.81 bits per heavy atom. The number of halogens is 1. The molecule has 0 aliphatic rings. The van der Waals surface area contributed by atoms with Gasteiger partial charge in [-0.25, -0.2) is 4.79 Å². The maximum absolute atomic E-state index is 13.4. The van der Waals surface area contributed by atoms with E-state index in [4.69, 9.17) is 9.47 Å². The van der Waals surface area contributed by atoms with Crippen molar-refractivity contribution in [2.24, 2.45) is 0 Å². The number of thiophene rings is 1. The Morgan fingerprint density at radius 3 is 2.44 bits per heavy atom. The van der Waals surface area contributed by atoms with Crippen LogP contribution in [0.4, 0.5) is 10.5 Å². The summed E-state index contributed by atoms with van der Waals surface area (Å²) in [6.07, 6.45) is 2.24. The van der Waals surface area contributed by atoms with Gasteiger partial charge in [0, 0.05) is 28.1 Å². The minimum atomic E-state index is -0.360. The van der Waals surface area contributed by atoms with Gasteiger partial charge in [-0.15, -0.1) is 17.9 Å². The number of urea groups is 1. The van der Waals surface area contributed by atoms with Crippen LogP contribution >= 0.6 is 27.3 Å². The highest BCUT2D eigenvalue weighted by atomic mass is 79.9. The number of ether oxygens (including phenoxy) is 2. The molecule has 3 aromatic rings. The van der Waals surface area contributed by atoms with Gasteiger partial charge in [0.2, 0.25) is 5.91 Å². The van der Waals surface area contributed by atoms with Crippen LogP contribution in [0, 0.1) is 0 Å². The number of methoxy groups -OCH3 is 2. The molecule has 7 nitrogen and oxygen atoms in total. The van der Waals surface area contributed by atoms with Crippen LogP contribution in [0.2, 0.25) is 0 Å². The number of amides is 3. The lowest BCUT2D eigenvalue weighted by molar-refractivity contribution is -0.132. The van der Waals surface area contributed by atoms with Gasteiger partial charge in [0.05, 0.1) is 20.8 Å². The molecule has 0 radical (unpaired) electrons. The normalized spacial score (nSPS) is 10.4. The number of hydrogen-bond donors (Lipinski definition) is 1. The number of hydrogen-bond acceptors (Lipinski definition) is 5. The van der Waals surface area contributed by atoms with Crippen LogP contribution in [-0.2, 0) is 17.8 Å². The first-order valence-electron chi connectivity index (χ1n) is 11.4. The summed E-state index contributed by atoms with van der Waals surface area (Å²) in [5.41, 5.74) is 1.67. The molecule has 0 fully saturated rings. The molecule has 3 amide bonds. The van der Waals surface area contributed by atoms with E-state index in [0.29, 0.717) is 36.7 Å². The van der Waals surface area contributed by atoms with E-state index >= 15 is 0 Å². The molecule has 0 saturated heterocycles. The van der Waals surface area contributed by atoms with Crippen LogP contribution in [0.25, 0.3) is 0 Å². The van der Waals surface area contributed by atoms with Crippen LogP contribution in [0.1, 0.15) is 10.4 Å². The number of anilines is 1. The fourth-order valence-electron chi connectivity index (χ4n) is 3.56. The molecule has 0 saturated carbocycles. The van der Waals surface area contributed by atoms with E-state index in [1.165, 1.54) is 4.90 Å². The summed E-state index contributed by atoms with van der Waals surface area (Å²) in [4.78, 5) is 30.7. The summed E-state index contributed by atoms with van der Waals surface area (Å²) in [6, 6.07) is 16.6. The van der Waals surface area contributed by atoms with Crippen molar-refractivity contribution in [1.82, 2.24) is 9.80 Å². The molecular formula is C27H30BrN3O4S. The third-order valence-electron chi connectivity index (χ3n) is 5.46. The molecule has 1 heterocycles. The number of carbonyl (C=O) groups excluding carboxylic acids is 2. The Hall–Kier alpha value is -3.30. The predicted molar refractivity (Wildman–Crippen MR) is 148 cm³/mol. The van der Waals surface area contributed by atoms with E-state index in [9.17, 15) is 9.59 Å². The Bertz CT molecular complexity index is 1150. The van der Waals surface area contributed by atoms with Crippen molar-refractivity contribution in [2.45, 2.75) is 13.0 Å². The van der Waals surface area contributed by atoms with Gasteiger partial charge in [-0.2, -0.15) is 0 Å². The van der Waals surface area contributed by atoms with E-state index in [0.717, 1.165) is 14.9 Å². The molecule has 0 spiro atoms. The van der Waals surface area contributed by atoms with Crippen molar-refractivity contribution >= 4 is 44.9 Å². The SMILES string of the molecule is C=CCN(CC(=O)N(CCc1ccc(OC)c(OC)c1)Cc1cccs1)C(=O)Nc1ccc(Br)cc1. The number of rotatable bonds is 12. The molecule has 1 N–H and O–H groups in total. The van der Waals surface area contributed by atoms with Crippen molar-refractivity contribution in [3.05, 3.63) is 87.5 Å². The highest BCUT2D eigenvalue weighted by Gasteiger charge is 2.21. The van der Waals surface area contributed by atoms with Crippen molar-refractivity contribution < 1.29 is 19.1 Å². The van der Waals surface area contributed by atoms with Gasteiger partial charge in [0.15, 0.2) is 11.5 Å². The largest absolute Gasteiger partial charge is 0.493 e. The standard InChI is InChI=1S/C27H30BrN3O4S/c1-4-14-31(27(33)29-22-10-8-21(28)9-11-22)19-26(32)30(18-23-6-5-16-36-23)15-13-20-7-12-24(34-2)25(17-20)35-3/h4-12,16-17H,1,13-15,18-19H2,2-3H3,(H,29,33). The highest BCUT2D eigenvalue weighted by molar-refractivity contribution is 9.10. The summed E-state index contributed by atoms with van der Waals surface area (Å²) < 4.78 is 11.6. The molecule has 0 unspecified atom stereocenters. The van der Waals surface area contributed by atoms with Gasteiger partial charge in [-0.3, -0.25) is 4.79 Å². The van der Waals surface area contributed by atoms with Crippen molar-refractivity contribution in [2.75, 3.05) is 39.2 Å². The van der Waals surface area contributed by atoms with Gasteiger partial charge in [0.25, 0.3) is 0 Å². The zero-order chi connectivity index (χ0) is 25.9. The second-order valence-corrected chi connectivity index (χ2v) is 9.89. The van der Waals surface area contributed by atoms with Crippen molar-refractivity contribution in [1.29, 1.82) is 0 Å². The molecule has 2 aromatic carbocycles. The summed E-state index contributed by atoms with van der Waals surface area (Å²) in [6.45, 7) is 4.89. The summed E-state index contributed by atoms with van der Waals surface area (Å²) in [5, 5.41) is 4.84. The van der Waals surface area contributed by atoms with Crippen molar-refractivity contribution in [3.63, 3.8) is 0 Å². The van der Waals surface area contributed by atoms with Gasteiger partial charge >= 0.3 is 6.03 Å². The maximum Gasteiger partial charge on any atom is 0.322 e. The Balaban J connectivity index is 1.71. The van der Waals surface area contributed by atoms with Crippen LogP contribution in [0.15, 0.2) is 77.1 Å². The summed E-state index contributed by atoms with van der Waals surface area (Å²) in [5.74, 6) is 1.16. The summed E-state index contributed by atoms with van der Waals surface area (Å²) in [7, 11) is 3.20. The second kappa shape index (κ2) is 13.7. The lowest BCUT2D eigenvalue weighted by Crippen LogP contribution is -2.44. The third-order valence-corrected chi connectivity index (χ3v) is 6.85. The Kier molecular flexibility index (Phi) is 10.4. The average molecular weight is 573 g/mol. The number of nitrogens with one attached hydrogen (secondary N) is 1. The molecule has 0 bridgehead atoms. The number of carbonyl (C=O) groups is 2. The molecular weight excluding hydrogens is 542 g/mol. The average Bonchev–Trinajstić information content (AvgIpc) is 3.40. The molecule has 9 heteroatoms. The first-order chi connectivity index (χ1) is 17.4. The van der Waals surface area contributed by atoms with Gasteiger partial charge in [0.1, 0.15) is 6.54 Å². The van der Waals surface area contributed by atoms with E-state index in [1.807, 2.05) is 47.8 Å². The van der Waals surface area contributed by atoms with Crippen LogP contribution in [0.5, 0.6) is 11.5 Å². The summed E-state index contributed by atoms with van der Waals surface area (Å²) >= 11 is 4.98. The maximum atomic E-state index is 13.4. The molecule has 190 valence electrons. The van der Waals surface area contributed by atoms with Crippen LogP contribution < -0.4 is 14.8 Å². The zero-order valence-electron chi connectivity index (χ0n) is 20.4. The Morgan fingerprint density at radius 1 is 1.06 bits per heavy atom. The van der Waals surface area contributed by atoms with E-state index in [2.05, 4.69) is 27.8 Å². The highest BCUT2D eigenvalue weighted by Crippen LogP contribution is 2.28. The van der Waals surface area contributed by atoms with E-state index in [1.54, 1.807) is 48.7 Å². The van der Waals surface area contributed by atoms with Gasteiger partial charge in [-0.1, -0.05) is 34.1 Å². The van der Waals surface area contributed by atoms with Crippen LogP contribution in [-0.4, -0.2) is 55.6 Å². The lowest BCUT2D eigenvalue weighted by atomic mass is 10.1.